The van der Waals surface area contributed by atoms with Crippen molar-refractivity contribution in [3.63, 3.8) is 0 Å². The van der Waals surface area contributed by atoms with Crippen molar-refractivity contribution in [2.75, 3.05) is 45.1 Å². The van der Waals surface area contributed by atoms with Gasteiger partial charge in [-0.1, -0.05) is 18.2 Å². The first-order chi connectivity index (χ1) is 16.3. The van der Waals surface area contributed by atoms with Crippen molar-refractivity contribution in [1.82, 2.24) is 14.8 Å². The molecule has 4 rings (SSSR count). The number of rotatable bonds is 5. The number of anilines is 1. The maximum atomic E-state index is 13.1. The molecule has 1 saturated heterocycles. The summed E-state index contributed by atoms with van der Waals surface area (Å²) < 4.78 is 38.9. The molecule has 1 aliphatic heterocycles. The van der Waals surface area contributed by atoms with Crippen LogP contribution < -0.4 is 9.46 Å². The molecule has 2 heterocycles. The number of piperazine rings is 1. The van der Waals surface area contributed by atoms with Gasteiger partial charge in [-0.2, -0.15) is 0 Å². The van der Waals surface area contributed by atoms with Gasteiger partial charge in [-0.05, 0) is 30.3 Å². The fraction of sp³-hybridized carbons (Fsp3) is 0.261. The molecule has 1 aliphatic rings. The number of sulfonamides is 1. The van der Waals surface area contributed by atoms with Gasteiger partial charge >= 0.3 is 6.09 Å². The third-order valence-electron chi connectivity index (χ3n) is 5.58. The fourth-order valence-electron chi connectivity index (χ4n) is 3.81. The lowest BCUT2D eigenvalue weighted by atomic mass is 10.1. The molecular formula is C23H24N4O6S. The Morgan fingerprint density at radius 2 is 1.68 bits per heavy atom. The van der Waals surface area contributed by atoms with Crippen LogP contribution in [0, 0.1) is 0 Å². The Kier molecular flexibility index (Phi) is 6.55. The van der Waals surface area contributed by atoms with Gasteiger partial charge in [0.2, 0.25) is 0 Å². The summed E-state index contributed by atoms with van der Waals surface area (Å²) in [7, 11) is -1.26. The maximum Gasteiger partial charge on any atom is 0.409 e. The highest BCUT2D eigenvalue weighted by Crippen LogP contribution is 2.30. The van der Waals surface area contributed by atoms with Crippen molar-refractivity contribution in [3.05, 3.63) is 60.3 Å². The number of fused-ring (bicyclic) bond motifs is 1. The molecule has 1 aromatic heterocycles. The molecular weight excluding hydrogens is 460 g/mol. The van der Waals surface area contributed by atoms with Gasteiger partial charge in [-0.15, -0.1) is 0 Å². The Morgan fingerprint density at radius 3 is 2.38 bits per heavy atom. The van der Waals surface area contributed by atoms with E-state index < -0.39 is 16.1 Å². The van der Waals surface area contributed by atoms with Crippen molar-refractivity contribution in [2.45, 2.75) is 4.90 Å². The zero-order valence-electron chi connectivity index (χ0n) is 18.7. The fourth-order valence-corrected chi connectivity index (χ4v) is 5.06. The average Bonchev–Trinajstić information content (AvgIpc) is 2.87. The van der Waals surface area contributed by atoms with Crippen molar-refractivity contribution in [2.24, 2.45) is 0 Å². The second-order valence-corrected chi connectivity index (χ2v) is 9.25. The molecule has 0 atom stereocenters. The van der Waals surface area contributed by atoms with E-state index in [9.17, 15) is 18.0 Å². The van der Waals surface area contributed by atoms with Crippen LogP contribution in [-0.2, 0) is 14.8 Å². The summed E-state index contributed by atoms with van der Waals surface area (Å²) in [6.45, 7) is 1.45. The Balaban J connectivity index is 1.55. The number of hydrogen-bond donors (Lipinski definition) is 1. The minimum absolute atomic E-state index is 0.0382. The summed E-state index contributed by atoms with van der Waals surface area (Å²) in [5.41, 5.74) is 0.898. The topological polar surface area (TPSA) is 118 Å². The lowest BCUT2D eigenvalue weighted by Crippen LogP contribution is -2.50. The number of nitrogens with zero attached hydrogens (tertiary/aromatic N) is 3. The molecule has 0 aliphatic carbocycles. The number of hydrogen-bond acceptors (Lipinski definition) is 7. The smallest absolute Gasteiger partial charge is 0.409 e. The van der Waals surface area contributed by atoms with Gasteiger partial charge in [-0.3, -0.25) is 14.5 Å². The van der Waals surface area contributed by atoms with E-state index in [0.29, 0.717) is 42.6 Å². The quantitative estimate of drug-likeness (QED) is 0.591. The second kappa shape index (κ2) is 9.56. The molecule has 0 unspecified atom stereocenters. The van der Waals surface area contributed by atoms with Crippen molar-refractivity contribution in [3.8, 4) is 5.75 Å². The number of methoxy groups -OCH3 is 2. The highest BCUT2D eigenvalue weighted by atomic mass is 32.2. The molecule has 1 fully saturated rings. The Labute approximate surface area is 197 Å². The van der Waals surface area contributed by atoms with Crippen molar-refractivity contribution in [1.29, 1.82) is 0 Å². The summed E-state index contributed by atoms with van der Waals surface area (Å²) in [5.74, 6) is -0.0358. The van der Waals surface area contributed by atoms with E-state index in [4.69, 9.17) is 9.47 Å². The monoisotopic (exact) mass is 484 g/mol. The first kappa shape index (κ1) is 23.3. The lowest BCUT2D eigenvalue weighted by molar-refractivity contribution is 0.0599. The van der Waals surface area contributed by atoms with E-state index in [0.717, 1.165) is 0 Å². The van der Waals surface area contributed by atoms with Gasteiger partial charge in [0, 0.05) is 43.3 Å². The predicted molar refractivity (Wildman–Crippen MR) is 125 cm³/mol. The molecule has 2 amide bonds. The van der Waals surface area contributed by atoms with Crippen LogP contribution in [-0.4, -0.2) is 75.6 Å². The van der Waals surface area contributed by atoms with Crippen LogP contribution in [0.4, 0.5) is 10.5 Å². The predicted octanol–water partition coefficient (Wildman–Crippen LogP) is 2.57. The highest BCUT2D eigenvalue weighted by molar-refractivity contribution is 7.93. The van der Waals surface area contributed by atoms with Crippen molar-refractivity contribution >= 4 is 38.6 Å². The Bertz CT molecular complexity index is 1330. The van der Waals surface area contributed by atoms with Crippen LogP contribution in [0.1, 0.15) is 10.4 Å². The molecule has 0 saturated carbocycles. The van der Waals surface area contributed by atoms with E-state index in [2.05, 4.69) is 9.71 Å². The summed E-state index contributed by atoms with van der Waals surface area (Å²) in [6, 6.07) is 13.0. The van der Waals surface area contributed by atoms with Crippen LogP contribution in [0.5, 0.6) is 5.75 Å². The van der Waals surface area contributed by atoms with Crippen LogP contribution in [0.3, 0.4) is 0 Å². The van der Waals surface area contributed by atoms with Crippen LogP contribution in [0.15, 0.2) is 59.6 Å². The molecule has 11 heteroatoms. The zero-order valence-corrected chi connectivity index (χ0v) is 19.5. The van der Waals surface area contributed by atoms with Crippen LogP contribution >= 0.6 is 0 Å². The number of nitrogens with one attached hydrogen (secondary N) is 1. The molecule has 0 bridgehead atoms. The number of aromatic nitrogens is 1. The number of carbonyl (C=O) groups is 2. The van der Waals surface area contributed by atoms with Crippen molar-refractivity contribution < 1.29 is 27.5 Å². The van der Waals surface area contributed by atoms with E-state index in [1.54, 1.807) is 29.2 Å². The normalized spacial score (nSPS) is 14.1. The molecule has 3 aromatic rings. The summed E-state index contributed by atoms with van der Waals surface area (Å²) >= 11 is 0. The third-order valence-corrected chi connectivity index (χ3v) is 6.97. The molecule has 0 spiro atoms. The molecule has 0 radical (unpaired) electrons. The highest BCUT2D eigenvalue weighted by Gasteiger charge is 2.26. The van der Waals surface area contributed by atoms with Crippen LogP contribution in [0.2, 0.25) is 0 Å². The van der Waals surface area contributed by atoms with Gasteiger partial charge in [0.15, 0.2) is 0 Å². The number of ether oxygens (including phenoxy) is 2. The summed E-state index contributed by atoms with van der Waals surface area (Å²) in [4.78, 5) is 32.0. The molecule has 2 aromatic carbocycles. The van der Waals surface area contributed by atoms with Gasteiger partial charge in [0.25, 0.3) is 15.9 Å². The van der Waals surface area contributed by atoms with E-state index in [1.807, 2.05) is 0 Å². The van der Waals surface area contributed by atoms with Gasteiger partial charge in [0.1, 0.15) is 10.6 Å². The largest absolute Gasteiger partial charge is 0.495 e. The SMILES string of the molecule is COC(=O)N1CCN(C(=O)c2ccc(NS(=O)(=O)c3cccc4cccnc34)c(OC)c2)CC1. The Hall–Kier alpha value is -3.86. The minimum Gasteiger partial charge on any atom is -0.495 e. The molecule has 10 nitrogen and oxygen atoms in total. The minimum atomic E-state index is -3.98. The van der Waals surface area contributed by atoms with Gasteiger partial charge in [0.05, 0.1) is 25.4 Å². The van der Waals surface area contributed by atoms with E-state index in [-0.39, 0.29) is 22.2 Å². The standard InChI is InChI=1S/C23H24N4O6S/c1-32-19-15-17(22(28)26-11-13-27(14-12-26)23(29)33-2)8-9-18(19)25-34(30,31)20-7-3-5-16-6-4-10-24-21(16)20/h3-10,15,25H,11-14H2,1-2H3. The molecule has 178 valence electrons. The van der Waals surface area contributed by atoms with E-state index >= 15 is 0 Å². The number of benzene rings is 2. The first-order valence-corrected chi connectivity index (χ1v) is 12.0. The Morgan fingerprint density at radius 1 is 0.971 bits per heavy atom. The van der Waals surface area contributed by atoms with Gasteiger partial charge in [-0.25, -0.2) is 13.2 Å². The summed E-state index contributed by atoms with van der Waals surface area (Å²) in [6.07, 6.45) is 1.11. The summed E-state index contributed by atoms with van der Waals surface area (Å²) in [5, 5.41) is 0.700. The first-order valence-electron chi connectivity index (χ1n) is 10.5. The molecule has 1 N–H and O–H groups in total. The third kappa shape index (κ3) is 4.60. The van der Waals surface area contributed by atoms with E-state index in [1.165, 1.54) is 49.6 Å². The number of carbonyl (C=O) groups excluding carboxylic acids is 2. The zero-order chi connectivity index (χ0) is 24.3. The van der Waals surface area contributed by atoms with Gasteiger partial charge < -0.3 is 19.3 Å². The maximum absolute atomic E-state index is 13.1. The second-order valence-electron chi connectivity index (χ2n) is 7.60. The number of para-hydroxylation sites is 1. The van der Waals surface area contributed by atoms with Crippen LogP contribution in [0.25, 0.3) is 10.9 Å². The lowest BCUT2D eigenvalue weighted by Gasteiger charge is -2.33. The molecule has 34 heavy (non-hydrogen) atoms. The number of amides is 2. The number of pyridine rings is 1. The average molecular weight is 485 g/mol.